The molecule has 0 saturated carbocycles. The van der Waals surface area contributed by atoms with E-state index in [1.165, 1.54) is 6.20 Å². The number of hydrogen-bond donors (Lipinski definition) is 3. The third-order valence-electron chi connectivity index (χ3n) is 3.91. The number of carbonyl (C=O) groups is 1. The molecule has 0 bridgehead atoms. The van der Waals surface area contributed by atoms with Crippen molar-refractivity contribution in [3.63, 3.8) is 0 Å². The minimum atomic E-state index is -3.65. The van der Waals surface area contributed by atoms with Crippen molar-refractivity contribution >= 4 is 16.0 Å². The first-order valence-corrected chi connectivity index (χ1v) is 8.54. The lowest BCUT2D eigenvalue weighted by Gasteiger charge is -2.30. The highest BCUT2D eigenvalue weighted by molar-refractivity contribution is 7.89. The summed E-state index contributed by atoms with van der Waals surface area (Å²) in [6.45, 7) is 5.54. The molecule has 3 N–H and O–H groups in total. The van der Waals surface area contributed by atoms with Crippen LogP contribution in [0.2, 0.25) is 0 Å². The molecule has 0 aliphatic carbocycles. The molecule has 1 fully saturated rings. The summed E-state index contributed by atoms with van der Waals surface area (Å²) < 4.78 is 26.8. The van der Waals surface area contributed by atoms with Gasteiger partial charge < -0.3 is 15.0 Å². The van der Waals surface area contributed by atoms with Crippen LogP contribution < -0.4 is 4.72 Å². The number of nitrogens with zero attached hydrogens (tertiary/aromatic N) is 1. The zero-order valence-corrected chi connectivity index (χ0v) is 12.8. The monoisotopic (exact) mass is 315 g/mol. The number of H-pyrrole nitrogens is 1. The highest BCUT2D eigenvalue weighted by Gasteiger charge is 2.22. The topological polar surface area (TPSA) is 103 Å². The largest absolute Gasteiger partial charge is 0.477 e. The summed E-state index contributed by atoms with van der Waals surface area (Å²) in [7, 11) is -3.65. The Morgan fingerprint density at radius 2 is 2.14 bits per heavy atom. The first kappa shape index (κ1) is 16.0. The minimum Gasteiger partial charge on any atom is -0.477 e. The molecule has 0 atom stereocenters. The minimum absolute atomic E-state index is 0.0362. The second-order valence-corrected chi connectivity index (χ2v) is 7.05. The molecule has 0 radical (unpaired) electrons. The molecule has 0 unspecified atom stereocenters. The van der Waals surface area contributed by atoms with Crippen molar-refractivity contribution in [1.29, 1.82) is 0 Å². The smallest absolute Gasteiger partial charge is 0.352 e. The fourth-order valence-electron chi connectivity index (χ4n) is 2.47. The van der Waals surface area contributed by atoms with E-state index in [0.29, 0.717) is 12.5 Å². The number of likely N-dealkylation sites (tertiary alicyclic amines) is 1. The van der Waals surface area contributed by atoms with Crippen molar-refractivity contribution in [2.45, 2.75) is 24.7 Å². The Labute approximate surface area is 124 Å². The van der Waals surface area contributed by atoms with Gasteiger partial charge >= 0.3 is 5.97 Å². The number of sulfonamides is 1. The van der Waals surface area contributed by atoms with Crippen LogP contribution in [-0.4, -0.2) is 55.6 Å². The molecule has 2 rings (SSSR count). The maximum atomic E-state index is 12.1. The van der Waals surface area contributed by atoms with Crippen molar-refractivity contribution in [3.05, 3.63) is 18.0 Å². The average Bonchev–Trinajstić information content (AvgIpc) is 2.97. The van der Waals surface area contributed by atoms with E-state index >= 15 is 0 Å². The summed E-state index contributed by atoms with van der Waals surface area (Å²) in [5, 5.41) is 8.79. The first-order chi connectivity index (χ1) is 9.92. The van der Waals surface area contributed by atoms with Crippen LogP contribution >= 0.6 is 0 Å². The number of aromatic nitrogens is 1. The van der Waals surface area contributed by atoms with Crippen LogP contribution in [0.15, 0.2) is 17.2 Å². The predicted molar refractivity (Wildman–Crippen MR) is 77.8 cm³/mol. The summed E-state index contributed by atoms with van der Waals surface area (Å²) in [4.78, 5) is 15.5. The van der Waals surface area contributed by atoms with Gasteiger partial charge in [0.05, 0.1) is 0 Å². The Balaban J connectivity index is 1.91. The van der Waals surface area contributed by atoms with Crippen LogP contribution in [0.25, 0.3) is 0 Å². The van der Waals surface area contributed by atoms with Crippen LogP contribution in [0.1, 0.15) is 30.3 Å². The Bertz CT molecular complexity index is 588. The van der Waals surface area contributed by atoms with Gasteiger partial charge in [0.1, 0.15) is 10.6 Å². The molecular weight excluding hydrogens is 294 g/mol. The third kappa shape index (κ3) is 4.05. The highest BCUT2D eigenvalue weighted by Crippen LogP contribution is 2.17. The second kappa shape index (κ2) is 6.59. The van der Waals surface area contributed by atoms with Gasteiger partial charge in [-0.15, -0.1) is 0 Å². The molecule has 1 aliphatic heterocycles. The van der Waals surface area contributed by atoms with Crippen molar-refractivity contribution in [2.24, 2.45) is 5.92 Å². The molecule has 118 valence electrons. The van der Waals surface area contributed by atoms with E-state index in [4.69, 9.17) is 5.11 Å². The zero-order chi connectivity index (χ0) is 15.5. The maximum absolute atomic E-state index is 12.1. The van der Waals surface area contributed by atoms with Crippen LogP contribution in [0.5, 0.6) is 0 Å². The molecule has 1 saturated heterocycles. The molecule has 0 spiro atoms. The molecule has 21 heavy (non-hydrogen) atoms. The molecule has 1 aromatic heterocycles. The lowest BCUT2D eigenvalue weighted by atomic mass is 9.97. The molecule has 2 heterocycles. The molecule has 1 aromatic rings. The van der Waals surface area contributed by atoms with E-state index in [9.17, 15) is 13.2 Å². The lowest BCUT2D eigenvalue weighted by molar-refractivity contribution is 0.0691. The average molecular weight is 315 g/mol. The van der Waals surface area contributed by atoms with E-state index in [1.807, 2.05) is 0 Å². The maximum Gasteiger partial charge on any atom is 0.352 e. The van der Waals surface area contributed by atoms with Crippen LogP contribution in [0, 0.1) is 5.92 Å². The predicted octanol–water partition coefficient (Wildman–Crippen LogP) is 0.723. The first-order valence-electron chi connectivity index (χ1n) is 7.06. The summed E-state index contributed by atoms with van der Waals surface area (Å²) in [6, 6.07) is 1.13. The highest BCUT2D eigenvalue weighted by atomic mass is 32.2. The van der Waals surface area contributed by atoms with E-state index < -0.39 is 16.0 Å². The molecular formula is C13H21N3O4S. The summed E-state index contributed by atoms with van der Waals surface area (Å²) in [5.74, 6) is -0.844. The summed E-state index contributed by atoms with van der Waals surface area (Å²) in [6.07, 6.45) is 3.15. The summed E-state index contributed by atoms with van der Waals surface area (Å²) in [5.41, 5.74) is -0.133. The van der Waals surface area contributed by atoms with Crippen LogP contribution in [-0.2, 0) is 10.0 Å². The van der Waals surface area contributed by atoms with E-state index in [1.54, 1.807) is 0 Å². The number of carboxylic acids is 1. The number of carboxylic acid groups (broad SMARTS) is 1. The molecule has 0 amide bonds. The van der Waals surface area contributed by atoms with Gasteiger partial charge in [0.2, 0.25) is 10.0 Å². The van der Waals surface area contributed by atoms with Gasteiger partial charge in [-0.25, -0.2) is 17.9 Å². The fourth-order valence-corrected chi connectivity index (χ4v) is 3.58. The Morgan fingerprint density at radius 1 is 1.48 bits per heavy atom. The Hall–Kier alpha value is -1.38. The summed E-state index contributed by atoms with van der Waals surface area (Å²) >= 11 is 0. The van der Waals surface area contributed by atoms with Crippen LogP contribution in [0.4, 0.5) is 0 Å². The quantitative estimate of drug-likeness (QED) is 0.718. The SMILES string of the molecule is CCN1CCC(CNS(=O)(=O)c2c[nH]c(C(=O)O)c2)CC1. The molecule has 1 aliphatic rings. The van der Waals surface area contributed by atoms with Crippen molar-refractivity contribution < 1.29 is 18.3 Å². The van der Waals surface area contributed by atoms with Gasteiger partial charge in [0.25, 0.3) is 0 Å². The third-order valence-corrected chi connectivity index (χ3v) is 5.32. The van der Waals surface area contributed by atoms with E-state index in [-0.39, 0.29) is 10.6 Å². The van der Waals surface area contributed by atoms with Crippen molar-refractivity contribution in [2.75, 3.05) is 26.2 Å². The number of rotatable bonds is 6. The van der Waals surface area contributed by atoms with Gasteiger partial charge in [-0.1, -0.05) is 6.92 Å². The van der Waals surface area contributed by atoms with Crippen molar-refractivity contribution in [1.82, 2.24) is 14.6 Å². The fraction of sp³-hybridized carbons (Fsp3) is 0.615. The van der Waals surface area contributed by atoms with Gasteiger partial charge in [-0.3, -0.25) is 0 Å². The number of aromatic carboxylic acids is 1. The van der Waals surface area contributed by atoms with E-state index in [0.717, 1.165) is 38.5 Å². The standard InChI is InChI=1S/C13H21N3O4S/c1-2-16-5-3-10(4-6-16)8-15-21(19,20)11-7-12(13(17)18)14-9-11/h7,9-10,14-15H,2-6,8H2,1H3,(H,17,18). The van der Waals surface area contributed by atoms with Gasteiger partial charge in [-0.2, -0.15) is 0 Å². The Kier molecular flexibility index (Phi) is 5.02. The van der Waals surface area contributed by atoms with Gasteiger partial charge in [0.15, 0.2) is 0 Å². The Morgan fingerprint density at radius 3 is 2.67 bits per heavy atom. The lowest BCUT2D eigenvalue weighted by Crippen LogP contribution is -2.38. The number of nitrogens with one attached hydrogen (secondary N) is 2. The second-order valence-electron chi connectivity index (χ2n) is 5.28. The molecule has 7 nitrogen and oxygen atoms in total. The molecule has 0 aromatic carbocycles. The van der Waals surface area contributed by atoms with Gasteiger partial charge in [-0.05, 0) is 44.5 Å². The van der Waals surface area contributed by atoms with Crippen LogP contribution in [0.3, 0.4) is 0 Å². The van der Waals surface area contributed by atoms with Gasteiger partial charge in [0, 0.05) is 12.7 Å². The number of aromatic amines is 1. The number of hydrogen-bond acceptors (Lipinski definition) is 4. The van der Waals surface area contributed by atoms with Crippen molar-refractivity contribution in [3.8, 4) is 0 Å². The molecule has 8 heteroatoms. The normalized spacial score (nSPS) is 18.0. The van der Waals surface area contributed by atoms with E-state index in [2.05, 4.69) is 21.5 Å². The zero-order valence-electron chi connectivity index (χ0n) is 12.0. The number of piperidine rings is 1.